The lowest BCUT2D eigenvalue weighted by Gasteiger charge is -2.14. The summed E-state index contributed by atoms with van der Waals surface area (Å²) in [4.78, 5) is 11.6. The van der Waals surface area contributed by atoms with E-state index < -0.39 is 6.09 Å². The number of hydrogen-bond donors (Lipinski definition) is 1. The maximum absolute atomic E-state index is 11.6. The lowest BCUT2D eigenvalue weighted by molar-refractivity contribution is 0.135. The second kappa shape index (κ2) is 6.58. The fourth-order valence-electron chi connectivity index (χ4n) is 1.70. The molecule has 1 amide bonds. The zero-order valence-corrected chi connectivity index (χ0v) is 10.8. The average molecular weight is 259 g/mol. The van der Waals surface area contributed by atoms with Crippen LogP contribution in [0.15, 0.2) is 48.8 Å². The van der Waals surface area contributed by atoms with Crippen molar-refractivity contribution in [2.24, 2.45) is 0 Å². The van der Waals surface area contributed by atoms with Crippen LogP contribution in [0.25, 0.3) is 0 Å². The molecule has 1 atom stereocenters. The lowest BCUT2D eigenvalue weighted by Crippen LogP contribution is -2.36. The molecule has 0 spiro atoms. The Morgan fingerprint density at radius 3 is 2.84 bits per heavy atom. The van der Waals surface area contributed by atoms with Crippen molar-refractivity contribution < 1.29 is 9.53 Å². The van der Waals surface area contributed by atoms with E-state index in [1.165, 1.54) is 0 Å². The number of nitrogens with one attached hydrogen (secondary N) is 1. The van der Waals surface area contributed by atoms with Crippen LogP contribution in [0.3, 0.4) is 0 Å². The SMILES string of the molecule is C[C@H](Cn1cccn1)NC(=O)OCc1ccccc1. The van der Waals surface area contributed by atoms with Gasteiger partial charge in [-0.25, -0.2) is 4.79 Å². The highest BCUT2D eigenvalue weighted by Crippen LogP contribution is 2.01. The van der Waals surface area contributed by atoms with Gasteiger partial charge in [0.05, 0.1) is 6.54 Å². The summed E-state index contributed by atoms with van der Waals surface area (Å²) < 4.78 is 6.90. The minimum absolute atomic E-state index is 0.0387. The third-order valence-corrected chi connectivity index (χ3v) is 2.60. The van der Waals surface area contributed by atoms with Crippen LogP contribution in [-0.2, 0) is 17.9 Å². The Bertz CT molecular complexity index is 497. The van der Waals surface area contributed by atoms with E-state index in [-0.39, 0.29) is 12.6 Å². The first kappa shape index (κ1) is 13.1. The molecule has 1 aromatic heterocycles. The van der Waals surface area contributed by atoms with Crippen LogP contribution in [0, 0.1) is 0 Å². The van der Waals surface area contributed by atoms with Crippen molar-refractivity contribution in [1.82, 2.24) is 15.1 Å². The molecule has 0 aliphatic rings. The number of rotatable bonds is 5. The molecule has 1 aromatic carbocycles. The molecule has 0 saturated carbocycles. The summed E-state index contributed by atoms with van der Waals surface area (Å²) in [7, 11) is 0. The standard InChI is InChI=1S/C14H17N3O2/c1-12(10-17-9-5-8-15-17)16-14(18)19-11-13-6-3-2-4-7-13/h2-9,12H,10-11H2,1H3,(H,16,18)/t12-/m1/s1. The van der Waals surface area contributed by atoms with Crippen LogP contribution in [0.1, 0.15) is 12.5 Å². The molecule has 2 rings (SSSR count). The number of hydrogen-bond acceptors (Lipinski definition) is 3. The minimum atomic E-state index is -0.413. The third kappa shape index (κ3) is 4.46. The largest absolute Gasteiger partial charge is 0.445 e. The number of carbonyl (C=O) groups excluding carboxylic acids is 1. The van der Waals surface area contributed by atoms with Crippen molar-refractivity contribution in [3.05, 3.63) is 54.4 Å². The Balaban J connectivity index is 1.72. The van der Waals surface area contributed by atoms with Crippen molar-refractivity contribution in [3.8, 4) is 0 Å². The van der Waals surface area contributed by atoms with Gasteiger partial charge in [0.1, 0.15) is 6.61 Å². The molecule has 0 saturated heterocycles. The highest BCUT2D eigenvalue weighted by molar-refractivity contribution is 5.67. The first-order chi connectivity index (χ1) is 9.24. The van der Waals surface area contributed by atoms with E-state index in [2.05, 4.69) is 10.4 Å². The molecule has 100 valence electrons. The topological polar surface area (TPSA) is 56.2 Å². The van der Waals surface area contributed by atoms with Gasteiger partial charge in [-0.05, 0) is 18.6 Å². The van der Waals surface area contributed by atoms with Gasteiger partial charge in [0.25, 0.3) is 0 Å². The fourth-order valence-corrected chi connectivity index (χ4v) is 1.70. The van der Waals surface area contributed by atoms with E-state index >= 15 is 0 Å². The molecule has 0 unspecified atom stereocenters. The number of nitrogens with zero attached hydrogens (tertiary/aromatic N) is 2. The summed E-state index contributed by atoms with van der Waals surface area (Å²) in [5.74, 6) is 0. The van der Waals surface area contributed by atoms with E-state index in [1.54, 1.807) is 10.9 Å². The maximum atomic E-state index is 11.6. The molecule has 19 heavy (non-hydrogen) atoms. The van der Waals surface area contributed by atoms with Gasteiger partial charge < -0.3 is 10.1 Å². The van der Waals surface area contributed by atoms with Crippen LogP contribution in [0.2, 0.25) is 0 Å². The number of alkyl carbamates (subject to hydrolysis) is 1. The summed E-state index contributed by atoms with van der Waals surface area (Å²) in [5.41, 5.74) is 0.970. The van der Waals surface area contributed by atoms with Gasteiger partial charge in [0.2, 0.25) is 0 Å². The Kier molecular flexibility index (Phi) is 4.55. The molecule has 0 bridgehead atoms. The number of benzene rings is 1. The van der Waals surface area contributed by atoms with E-state index in [4.69, 9.17) is 4.74 Å². The molecule has 2 aromatic rings. The number of aromatic nitrogens is 2. The quantitative estimate of drug-likeness (QED) is 0.895. The Labute approximate surface area is 112 Å². The van der Waals surface area contributed by atoms with Crippen LogP contribution in [0.4, 0.5) is 4.79 Å². The zero-order valence-electron chi connectivity index (χ0n) is 10.8. The van der Waals surface area contributed by atoms with Crippen molar-refractivity contribution in [1.29, 1.82) is 0 Å². The Hall–Kier alpha value is -2.30. The van der Waals surface area contributed by atoms with E-state index in [0.717, 1.165) is 5.56 Å². The average Bonchev–Trinajstić information content (AvgIpc) is 2.90. The van der Waals surface area contributed by atoms with Crippen LogP contribution < -0.4 is 5.32 Å². The molecular weight excluding hydrogens is 242 g/mol. The second-order valence-electron chi connectivity index (χ2n) is 4.34. The predicted octanol–water partition coefficient (Wildman–Crippen LogP) is 2.20. The molecular formula is C14H17N3O2. The van der Waals surface area contributed by atoms with Gasteiger partial charge in [-0.1, -0.05) is 30.3 Å². The summed E-state index contributed by atoms with van der Waals surface area (Å²) in [6.45, 7) is 2.81. The van der Waals surface area contributed by atoms with E-state index in [9.17, 15) is 4.79 Å². The third-order valence-electron chi connectivity index (χ3n) is 2.60. The van der Waals surface area contributed by atoms with Gasteiger partial charge >= 0.3 is 6.09 Å². The van der Waals surface area contributed by atoms with Gasteiger partial charge in [0, 0.05) is 18.4 Å². The van der Waals surface area contributed by atoms with Gasteiger partial charge in [-0.3, -0.25) is 4.68 Å². The minimum Gasteiger partial charge on any atom is -0.445 e. The molecule has 0 aliphatic heterocycles. The maximum Gasteiger partial charge on any atom is 0.407 e. The molecule has 0 aliphatic carbocycles. The highest BCUT2D eigenvalue weighted by atomic mass is 16.5. The highest BCUT2D eigenvalue weighted by Gasteiger charge is 2.09. The Morgan fingerprint density at radius 1 is 1.37 bits per heavy atom. The monoisotopic (exact) mass is 259 g/mol. The zero-order chi connectivity index (χ0) is 13.5. The lowest BCUT2D eigenvalue weighted by atomic mass is 10.2. The van der Waals surface area contributed by atoms with Crippen molar-refractivity contribution in [2.75, 3.05) is 0 Å². The molecule has 5 heteroatoms. The van der Waals surface area contributed by atoms with Crippen molar-refractivity contribution >= 4 is 6.09 Å². The summed E-state index contributed by atoms with van der Waals surface area (Å²) in [6, 6.07) is 11.4. The fraction of sp³-hybridized carbons (Fsp3) is 0.286. The van der Waals surface area contributed by atoms with Gasteiger partial charge in [-0.2, -0.15) is 5.10 Å². The van der Waals surface area contributed by atoms with E-state index in [1.807, 2.05) is 49.5 Å². The smallest absolute Gasteiger partial charge is 0.407 e. The van der Waals surface area contributed by atoms with E-state index in [0.29, 0.717) is 6.54 Å². The van der Waals surface area contributed by atoms with Crippen molar-refractivity contribution in [2.45, 2.75) is 26.1 Å². The molecule has 1 N–H and O–H groups in total. The molecule has 0 radical (unpaired) electrons. The van der Waals surface area contributed by atoms with Crippen molar-refractivity contribution in [3.63, 3.8) is 0 Å². The second-order valence-corrected chi connectivity index (χ2v) is 4.34. The predicted molar refractivity (Wildman–Crippen MR) is 71.5 cm³/mol. The van der Waals surface area contributed by atoms with Crippen LogP contribution >= 0.6 is 0 Å². The molecule has 0 fully saturated rings. The van der Waals surface area contributed by atoms with Gasteiger partial charge in [-0.15, -0.1) is 0 Å². The Morgan fingerprint density at radius 2 is 2.16 bits per heavy atom. The molecule has 5 nitrogen and oxygen atoms in total. The first-order valence-electron chi connectivity index (χ1n) is 6.18. The first-order valence-corrected chi connectivity index (χ1v) is 6.18. The van der Waals surface area contributed by atoms with Crippen LogP contribution in [0.5, 0.6) is 0 Å². The number of amides is 1. The van der Waals surface area contributed by atoms with Gasteiger partial charge in [0.15, 0.2) is 0 Å². The molecule has 1 heterocycles. The number of carbonyl (C=O) groups is 1. The number of ether oxygens (including phenoxy) is 1. The van der Waals surface area contributed by atoms with Crippen LogP contribution in [-0.4, -0.2) is 21.9 Å². The summed E-state index contributed by atoms with van der Waals surface area (Å²) in [6.07, 6.45) is 3.15. The summed E-state index contributed by atoms with van der Waals surface area (Å²) in [5, 5.41) is 6.85. The summed E-state index contributed by atoms with van der Waals surface area (Å²) >= 11 is 0. The normalized spacial score (nSPS) is 11.8.